The fraction of sp³-hybridized carbons (Fsp3) is 0.0909. The minimum atomic E-state index is -0.248. The van der Waals surface area contributed by atoms with Gasteiger partial charge in [-0.05, 0) is 18.2 Å². The maximum absolute atomic E-state index is 10.9. The van der Waals surface area contributed by atoms with Crippen LogP contribution in [0.4, 0.5) is 0 Å². The monoisotopic (exact) mass is 218 g/mol. The predicted octanol–water partition coefficient (Wildman–Crippen LogP) is 1.74. The van der Waals surface area contributed by atoms with Crippen LogP contribution < -0.4 is 5.32 Å². The van der Waals surface area contributed by atoms with Crippen LogP contribution in [0.2, 0.25) is 0 Å². The van der Waals surface area contributed by atoms with Crippen molar-refractivity contribution in [1.82, 2.24) is 10.5 Å². The van der Waals surface area contributed by atoms with Crippen LogP contribution >= 0.6 is 0 Å². The molecule has 2 aromatic heterocycles. The van der Waals surface area contributed by atoms with E-state index in [0.29, 0.717) is 23.8 Å². The first kappa shape index (κ1) is 10.2. The third kappa shape index (κ3) is 2.20. The van der Waals surface area contributed by atoms with Crippen molar-refractivity contribution in [3.8, 4) is 11.5 Å². The Labute approximate surface area is 91.7 Å². The molecular weight excluding hydrogens is 208 g/mol. The molecule has 1 amide bonds. The maximum atomic E-state index is 10.9. The number of carbonyl (C=O) groups excluding carboxylic acids is 1. The van der Waals surface area contributed by atoms with Crippen LogP contribution in [0.5, 0.6) is 0 Å². The second-order valence-electron chi connectivity index (χ2n) is 3.08. The van der Waals surface area contributed by atoms with Crippen molar-refractivity contribution >= 4 is 5.91 Å². The van der Waals surface area contributed by atoms with E-state index in [0.717, 1.165) is 0 Å². The van der Waals surface area contributed by atoms with Crippen molar-refractivity contribution in [2.24, 2.45) is 0 Å². The minimum Gasteiger partial charge on any atom is -0.461 e. The fourth-order valence-electron chi connectivity index (χ4n) is 1.18. The van der Waals surface area contributed by atoms with Crippen LogP contribution in [0, 0.1) is 0 Å². The van der Waals surface area contributed by atoms with E-state index in [-0.39, 0.29) is 5.91 Å². The van der Waals surface area contributed by atoms with Gasteiger partial charge >= 0.3 is 0 Å². The number of amides is 1. The first-order chi connectivity index (χ1) is 7.79. The third-order valence-electron chi connectivity index (χ3n) is 1.95. The first-order valence-corrected chi connectivity index (χ1v) is 4.69. The Morgan fingerprint density at radius 3 is 3.12 bits per heavy atom. The van der Waals surface area contributed by atoms with Crippen LogP contribution in [0.1, 0.15) is 5.69 Å². The molecule has 0 bridgehead atoms. The van der Waals surface area contributed by atoms with Gasteiger partial charge in [0.05, 0.1) is 12.8 Å². The lowest BCUT2D eigenvalue weighted by atomic mass is 10.3. The smallest absolute Gasteiger partial charge is 0.243 e. The van der Waals surface area contributed by atoms with E-state index >= 15 is 0 Å². The van der Waals surface area contributed by atoms with E-state index in [9.17, 15) is 4.79 Å². The Kier molecular flexibility index (Phi) is 2.86. The van der Waals surface area contributed by atoms with Crippen LogP contribution in [-0.4, -0.2) is 11.1 Å². The van der Waals surface area contributed by atoms with Gasteiger partial charge in [-0.3, -0.25) is 4.79 Å². The molecular formula is C11H10N2O3. The second kappa shape index (κ2) is 4.48. The molecule has 0 aliphatic heterocycles. The lowest BCUT2D eigenvalue weighted by Gasteiger charge is -1.95. The van der Waals surface area contributed by atoms with E-state index < -0.39 is 0 Å². The number of nitrogens with one attached hydrogen (secondary N) is 1. The molecule has 2 aromatic rings. The molecule has 5 nitrogen and oxygen atoms in total. The van der Waals surface area contributed by atoms with Gasteiger partial charge in [0, 0.05) is 6.07 Å². The Hall–Kier alpha value is -2.30. The van der Waals surface area contributed by atoms with Crippen LogP contribution in [0.15, 0.2) is 46.1 Å². The van der Waals surface area contributed by atoms with Gasteiger partial charge < -0.3 is 14.3 Å². The summed E-state index contributed by atoms with van der Waals surface area (Å²) in [6.45, 7) is 3.65. The zero-order chi connectivity index (χ0) is 11.4. The van der Waals surface area contributed by atoms with Crippen LogP contribution in [0.3, 0.4) is 0 Å². The zero-order valence-corrected chi connectivity index (χ0v) is 8.47. The summed E-state index contributed by atoms with van der Waals surface area (Å²) >= 11 is 0. The average Bonchev–Trinajstić information content (AvgIpc) is 2.95. The Morgan fingerprint density at radius 2 is 2.44 bits per heavy atom. The standard InChI is InChI=1S/C11H10N2O3/c1-2-11(14)12-7-8-6-10(16-13-8)9-4-3-5-15-9/h2-6H,1,7H2,(H,12,14). The Morgan fingerprint density at radius 1 is 1.56 bits per heavy atom. The molecule has 0 atom stereocenters. The highest BCUT2D eigenvalue weighted by Crippen LogP contribution is 2.20. The number of nitrogens with zero attached hydrogens (tertiary/aromatic N) is 1. The quantitative estimate of drug-likeness (QED) is 0.793. The molecule has 0 aliphatic rings. The summed E-state index contributed by atoms with van der Waals surface area (Å²) in [6, 6.07) is 5.24. The largest absolute Gasteiger partial charge is 0.461 e. The molecule has 5 heteroatoms. The molecule has 0 aromatic carbocycles. The van der Waals surface area contributed by atoms with Gasteiger partial charge in [-0.1, -0.05) is 11.7 Å². The van der Waals surface area contributed by atoms with Crippen LogP contribution in [0.25, 0.3) is 11.5 Å². The first-order valence-electron chi connectivity index (χ1n) is 4.69. The SMILES string of the molecule is C=CC(=O)NCc1cc(-c2ccco2)on1. The molecule has 0 fully saturated rings. The highest BCUT2D eigenvalue weighted by atomic mass is 16.5. The van der Waals surface area contributed by atoms with Crippen molar-refractivity contribution in [3.63, 3.8) is 0 Å². The number of hydrogen-bond donors (Lipinski definition) is 1. The van der Waals surface area contributed by atoms with Gasteiger partial charge in [0.2, 0.25) is 11.7 Å². The summed E-state index contributed by atoms with van der Waals surface area (Å²) in [5, 5.41) is 6.39. The Balaban J connectivity index is 2.03. The number of carbonyl (C=O) groups is 1. The van der Waals surface area contributed by atoms with Crippen LogP contribution in [-0.2, 0) is 11.3 Å². The van der Waals surface area contributed by atoms with Gasteiger partial charge in [0.1, 0.15) is 5.69 Å². The summed E-state index contributed by atoms with van der Waals surface area (Å²) in [6.07, 6.45) is 2.75. The van der Waals surface area contributed by atoms with Gasteiger partial charge in [0.15, 0.2) is 5.76 Å². The van der Waals surface area contributed by atoms with Crippen molar-refractivity contribution in [3.05, 3.63) is 42.8 Å². The van der Waals surface area contributed by atoms with Crippen molar-refractivity contribution in [2.75, 3.05) is 0 Å². The molecule has 0 spiro atoms. The predicted molar refractivity (Wildman–Crippen MR) is 56.2 cm³/mol. The highest BCUT2D eigenvalue weighted by molar-refractivity contribution is 5.86. The summed E-state index contributed by atoms with van der Waals surface area (Å²) < 4.78 is 10.2. The molecule has 0 saturated heterocycles. The highest BCUT2D eigenvalue weighted by Gasteiger charge is 2.08. The molecule has 0 radical (unpaired) electrons. The fourth-order valence-corrected chi connectivity index (χ4v) is 1.18. The van der Waals surface area contributed by atoms with Crippen molar-refractivity contribution in [1.29, 1.82) is 0 Å². The van der Waals surface area contributed by atoms with Gasteiger partial charge in [0.25, 0.3) is 0 Å². The second-order valence-corrected chi connectivity index (χ2v) is 3.08. The molecule has 16 heavy (non-hydrogen) atoms. The summed E-state index contributed by atoms with van der Waals surface area (Å²) in [5.41, 5.74) is 0.626. The van der Waals surface area contributed by atoms with Gasteiger partial charge in [-0.25, -0.2) is 0 Å². The van der Waals surface area contributed by atoms with Gasteiger partial charge in [-0.15, -0.1) is 0 Å². The number of aromatic nitrogens is 1. The van der Waals surface area contributed by atoms with Crippen molar-refractivity contribution < 1.29 is 13.7 Å². The topological polar surface area (TPSA) is 68.3 Å². The summed E-state index contributed by atoms with van der Waals surface area (Å²) in [5.74, 6) is 0.893. The average molecular weight is 218 g/mol. The molecule has 82 valence electrons. The molecule has 2 rings (SSSR count). The summed E-state index contributed by atoms with van der Waals surface area (Å²) in [4.78, 5) is 10.9. The number of hydrogen-bond acceptors (Lipinski definition) is 4. The minimum absolute atomic E-state index is 0.248. The van der Waals surface area contributed by atoms with Crippen molar-refractivity contribution in [2.45, 2.75) is 6.54 Å². The molecule has 2 heterocycles. The van der Waals surface area contributed by atoms with E-state index in [1.165, 1.54) is 6.08 Å². The third-order valence-corrected chi connectivity index (χ3v) is 1.95. The normalized spacial score (nSPS) is 10.0. The summed E-state index contributed by atoms with van der Waals surface area (Å²) in [7, 11) is 0. The number of rotatable bonds is 4. The molecule has 0 saturated carbocycles. The van der Waals surface area contributed by atoms with E-state index in [1.807, 2.05) is 0 Å². The molecule has 1 N–H and O–H groups in total. The number of furan rings is 1. The lowest BCUT2D eigenvalue weighted by Crippen LogP contribution is -2.19. The van der Waals surface area contributed by atoms with E-state index in [4.69, 9.17) is 8.94 Å². The maximum Gasteiger partial charge on any atom is 0.243 e. The molecule has 0 unspecified atom stereocenters. The van der Waals surface area contributed by atoms with E-state index in [2.05, 4.69) is 17.1 Å². The Bertz CT molecular complexity index is 485. The van der Waals surface area contributed by atoms with E-state index in [1.54, 1.807) is 24.5 Å². The lowest BCUT2D eigenvalue weighted by molar-refractivity contribution is -0.116. The molecule has 0 aliphatic carbocycles. The van der Waals surface area contributed by atoms with Gasteiger partial charge in [-0.2, -0.15) is 0 Å². The zero-order valence-electron chi connectivity index (χ0n) is 8.47.